The van der Waals surface area contributed by atoms with Gasteiger partial charge in [-0.15, -0.1) is 0 Å². The fraction of sp³-hybridized carbons (Fsp3) is 0.500. The smallest absolute Gasteiger partial charge is 0.118 e. The summed E-state index contributed by atoms with van der Waals surface area (Å²) >= 11 is 4.46. The molecule has 0 aliphatic heterocycles. The molecule has 8 heavy (non-hydrogen) atoms. The molecule has 1 rings (SSSR count). The number of halogens is 2. The molecule has 0 heterocycles. The number of rotatable bonds is 0. The molecule has 1 fully saturated rings. The molecule has 45 valence electrons. The minimum Gasteiger partial charge on any atom is -0.411 e. The third-order valence-electron chi connectivity index (χ3n) is 1.06. The van der Waals surface area contributed by atoms with Crippen molar-refractivity contribution in [1.82, 2.24) is 0 Å². The van der Waals surface area contributed by atoms with Crippen LogP contribution in [0.4, 0.5) is 0 Å². The molecule has 0 bridgehead atoms. The fourth-order valence-corrected chi connectivity index (χ4v) is 1.55. The van der Waals surface area contributed by atoms with Gasteiger partial charge < -0.3 is 5.21 Å². The van der Waals surface area contributed by atoms with E-state index >= 15 is 0 Å². The normalized spacial score (nSPS) is 30.0. The Balaban J connectivity index is 2.63. The minimum absolute atomic E-state index is 0.00424. The monoisotopic (exact) mass is 336 g/mol. The molecule has 0 saturated heterocycles. The zero-order valence-corrected chi connectivity index (χ0v) is 8.25. The Kier molecular flexibility index (Phi) is 2.01. The van der Waals surface area contributed by atoms with Gasteiger partial charge in [-0.25, -0.2) is 0 Å². The van der Waals surface area contributed by atoms with Crippen LogP contribution in [0.25, 0.3) is 0 Å². The lowest BCUT2D eigenvalue weighted by Crippen LogP contribution is -2.36. The summed E-state index contributed by atoms with van der Waals surface area (Å²) in [4.78, 5) is 0. The molecule has 0 spiro atoms. The van der Waals surface area contributed by atoms with E-state index in [1.54, 1.807) is 0 Å². The molecule has 4 heteroatoms. The Morgan fingerprint density at radius 3 is 2.38 bits per heavy atom. The maximum Gasteiger partial charge on any atom is 0.118 e. The maximum atomic E-state index is 8.28. The van der Waals surface area contributed by atoms with Crippen LogP contribution in [0.5, 0.6) is 0 Å². The first-order chi connectivity index (χ1) is 3.67. The van der Waals surface area contributed by atoms with Crippen molar-refractivity contribution in [2.75, 3.05) is 0 Å². The van der Waals surface area contributed by atoms with Crippen molar-refractivity contribution in [3.05, 3.63) is 6.42 Å². The fourth-order valence-electron chi connectivity index (χ4n) is 0.455. The highest BCUT2D eigenvalue weighted by molar-refractivity contribution is 14.2. The van der Waals surface area contributed by atoms with Gasteiger partial charge in [-0.2, -0.15) is 0 Å². The van der Waals surface area contributed by atoms with E-state index in [0.29, 0.717) is 0 Å². The second-order valence-electron chi connectivity index (χ2n) is 1.58. The van der Waals surface area contributed by atoms with Gasteiger partial charge in [0.2, 0.25) is 0 Å². The van der Waals surface area contributed by atoms with E-state index in [9.17, 15) is 0 Å². The molecule has 0 amide bonds. The van der Waals surface area contributed by atoms with Crippen LogP contribution in [0.2, 0.25) is 0 Å². The third kappa shape index (κ3) is 1.09. The highest BCUT2D eigenvalue weighted by atomic mass is 127. The van der Waals surface area contributed by atoms with Crippen LogP contribution in [-0.4, -0.2) is 12.3 Å². The molecule has 1 saturated carbocycles. The topological polar surface area (TPSA) is 32.6 Å². The van der Waals surface area contributed by atoms with E-state index in [1.807, 2.05) is 0 Å². The zero-order valence-electron chi connectivity index (χ0n) is 3.93. The summed E-state index contributed by atoms with van der Waals surface area (Å²) in [5, 5.41) is 11.4. The lowest BCUT2D eigenvalue weighted by atomic mass is 9.97. The van der Waals surface area contributed by atoms with Gasteiger partial charge in [-0.1, -0.05) is 50.3 Å². The number of hydrogen-bond donors (Lipinski definition) is 1. The van der Waals surface area contributed by atoms with Crippen molar-refractivity contribution in [2.24, 2.45) is 5.16 Å². The molecule has 0 atom stereocenters. The second-order valence-corrected chi connectivity index (χ2v) is 7.05. The van der Waals surface area contributed by atoms with E-state index in [0.717, 1.165) is 12.1 Å². The van der Waals surface area contributed by atoms with E-state index in [4.69, 9.17) is 5.21 Å². The Morgan fingerprint density at radius 2 is 2.38 bits per heavy atom. The average Bonchev–Trinajstić information content (AvgIpc) is 1.66. The van der Waals surface area contributed by atoms with E-state index in [2.05, 4.69) is 56.8 Å². The molecular weight excluding hydrogens is 332 g/mol. The van der Waals surface area contributed by atoms with Crippen molar-refractivity contribution < 1.29 is 5.21 Å². The van der Waals surface area contributed by atoms with Crippen LogP contribution >= 0.6 is 45.2 Å². The second kappa shape index (κ2) is 2.28. The van der Waals surface area contributed by atoms with Gasteiger partial charge in [-0.05, 0) is 12.8 Å². The molecule has 0 aromatic rings. The minimum atomic E-state index is 0.00424. The molecule has 0 aromatic heterocycles. The van der Waals surface area contributed by atoms with Gasteiger partial charge in [0.05, 0.1) is 5.71 Å². The summed E-state index contributed by atoms with van der Waals surface area (Å²) in [7, 11) is 0. The van der Waals surface area contributed by atoms with E-state index in [1.165, 1.54) is 0 Å². The van der Waals surface area contributed by atoms with E-state index < -0.39 is 0 Å². The van der Waals surface area contributed by atoms with Crippen molar-refractivity contribution in [3.8, 4) is 0 Å². The van der Waals surface area contributed by atoms with Crippen molar-refractivity contribution in [1.29, 1.82) is 0 Å². The summed E-state index contributed by atoms with van der Waals surface area (Å²) < 4.78 is 0.00424. The van der Waals surface area contributed by atoms with Crippen LogP contribution in [-0.2, 0) is 0 Å². The molecular formula is C4H4I2NO. The first-order valence-electron chi connectivity index (χ1n) is 2.10. The molecule has 0 unspecified atom stereocenters. The van der Waals surface area contributed by atoms with Crippen LogP contribution in [0.15, 0.2) is 5.16 Å². The predicted octanol–water partition coefficient (Wildman–Crippen LogP) is 1.99. The standard InChI is InChI=1S/C4H4I2NO/c5-4(6)2-1-3(4)7-8/h2,8H,1H2. The summed E-state index contributed by atoms with van der Waals surface area (Å²) in [5.41, 5.74) is 0.860. The molecule has 2 nitrogen and oxygen atoms in total. The van der Waals surface area contributed by atoms with Crippen molar-refractivity contribution in [3.63, 3.8) is 0 Å². The number of nitrogens with zero attached hydrogens (tertiary/aromatic N) is 1. The Hall–Kier alpha value is 0.930. The molecule has 1 aliphatic rings. The van der Waals surface area contributed by atoms with E-state index in [-0.39, 0.29) is 1.43 Å². The highest BCUT2D eigenvalue weighted by Crippen LogP contribution is 2.43. The van der Waals surface area contributed by atoms with Crippen molar-refractivity contribution >= 4 is 50.9 Å². The van der Waals surface area contributed by atoms with Crippen molar-refractivity contribution in [2.45, 2.75) is 7.85 Å². The lowest BCUT2D eigenvalue weighted by molar-refractivity contribution is 0.315. The first kappa shape index (κ1) is 7.04. The molecule has 0 aromatic carbocycles. The van der Waals surface area contributed by atoms with Gasteiger partial charge in [0.1, 0.15) is 1.43 Å². The predicted molar refractivity (Wildman–Crippen MR) is 48.9 cm³/mol. The van der Waals surface area contributed by atoms with Crippen LogP contribution < -0.4 is 0 Å². The van der Waals surface area contributed by atoms with Crippen LogP contribution in [0.1, 0.15) is 6.42 Å². The number of alkyl halides is 2. The number of hydrogen-bond acceptors (Lipinski definition) is 2. The Bertz CT molecular complexity index is 132. The van der Waals surface area contributed by atoms with Crippen LogP contribution in [0, 0.1) is 6.42 Å². The van der Waals surface area contributed by atoms with Gasteiger partial charge in [-0.3, -0.25) is 0 Å². The zero-order chi connectivity index (χ0) is 6.20. The third-order valence-corrected chi connectivity index (χ3v) is 3.18. The van der Waals surface area contributed by atoms with Gasteiger partial charge in [0.25, 0.3) is 0 Å². The first-order valence-corrected chi connectivity index (χ1v) is 4.26. The molecule has 1 radical (unpaired) electrons. The molecule has 1 aliphatic carbocycles. The summed E-state index contributed by atoms with van der Waals surface area (Å²) in [6, 6.07) is 0. The summed E-state index contributed by atoms with van der Waals surface area (Å²) in [6.07, 6.45) is 2.94. The highest BCUT2D eigenvalue weighted by Gasteiger charge is 2.39. The summed E-state index contributed by atoms with van der Waals surface area (Å²) in [5.74, 6) is 0. The van der Waals surface area contributed by atoms with Gasteiger partial charge in [0, 0.05) is 0 Å². The largest absolute Gasteiger partial charge is 0.411 e. The maximum absolute atomic E-state index is 8.28. The molecule has 1 N–H and O–H groups in total. The lowest BCUT2D eigenvalue weighted by Gasteiger charge is -2.30. The Labute approximate surface area is 75.0 Å². The quantitative estimate of drug-likeness (QED) is 0.312. The SMILES string of the molecule is ON=C1C[CH]C1(I)I. The number of oxime groups is 1. The summed E-state index contributed by atoms with van der Waals surface area (Å²) in [6.45, 7) is 0. The van der Waals surface area contributed by atoms with Gasteiger partial charge in [0.15, 0.2) is 0 Å². The Morgan fingerprint density at radius 1 is 1.75 bits per heavy atom. The average molecular weight is 336 g/mol. The van der Waals surface area contributed by atoms with Crippen LogP contribution in [0.3, 0.4) is 0 Å². The van der Waals surface area contributed by atoms with Gasteiger partial charge >= 0.3 is 0 Å².